The lowest BCUT2D eigenvalue weighted by atomic mass is 9.95. The number of nitrogens with zero attached hydrogens (tertiary/aromatic N) is 2. The van der Waals surface area contributed by atoms with Gasteiger partial charge < -0.3 is 10.6 Å². The third kappa shape index (κ3) is 2.49. The van der Waals surface area contributed by atoms with Gasteiger partial charge in [0.2, 0.25) is 0 Å². The molecule has 1 aliphatic rings. The van der Waals surface area contributed by atoms with E-state index in [0.717, 1.165) is 24.1 Å². The van der Waals surface area contributed by atoms with Crippen molar-refractivity contribution in [2.45, 2.75) is 32.7 Å². The van der Waals surface area contributed by atoms with Crippen LogP contribution >= 0.6 is 11.3 Å². The van der Waals surface area contributed by atoms with Crippen molar-refractivity contribution in [2.75, 3.05) is 18.0 Å². The number of thiazole rings is 1. The van der Waals surface area contributed by atoms with Crippen LogP contribution in [0.3, 0.4) is 0 Å². The molecule has 1 aromatic heterocycles. The van der Waals surface area contributed by atoms with E-state index >= 15 is 0 Å². The molecule has 1 aliphatic heterocycles. The molecule has 4 heteroatoms. The summed E-state index contributed by atoms with van der Waals surface area (Å²) in [5.41, 5.74) is 5.59. The highest BCUT2D eigenvalue weighted by atomic mass is 32.1. The van der Waals surface area contributed by atoms with Crippen LogP contribution < -0.4 is 10.6 Å². The lowest BCUT2D eigenvalue weighted by molar-refractivity contribution is 0.395. The maximum Gasteiger partial charge on any atom is 0.185 e. The van der Waals surface area contributed by atoms with E-state index < -0.39 is 0 Å². The zero-order valence-electron chi connectivity index (χ0n) is 9.28. The van der Waals surface area contributed by atoms with E-state index in [-0.39, 0.29) is 0 Å². The van der Waals surface area contributed by atoms with Crippen LogP contribution in [-0.4, -0.2) is 18.1 Å². The largest absolute Gasteiger partial charge is 0.348 e. The maximum absolute atomic E-state index is 5.59. The number of hydrogen-bond donors (Lipinski definition) is 1. The zero-order chi connectivity index (χ0) is 10.7. The predicted octanol–water partition coefficient (Wildman–Crippen LogP) is 2.23. The second kappa shape index (κ2) is 4.94. The van der Waals surface area contributed by atoms with E-state index in [0.29, 0.717) is 6.54 Å². The number of hydrogen-bond acceptors (Lipinski definition) is 4. The summed E-state index contributed by atoms with van der Waals surface area (Å²) in [6.45, 7) is 5.23. The van der Waals surface area contributed by atoms with Crippen molar-refractivity contribution >= 4 is 16.5 Å². The number of nitrogens with two attached hydrogens (primary N) is 1. The molecule has 3 nitrogen and oxygen atoms in total. The maximum atomic E-state index is 5.59. The SMILES string of the molecule is CCC1CCN(c2ncc(CN)s2)CC1. The Bertz CT molecular complexity index is 303. The van der Waals surface area contributed by atoms with Gasteiger partial charge in [0.1, 0.15) is 0 Å². The molecule has 84 valence electrons. The normalized spacial score (nSPS) is 18.4. The van der Waals surface area contributed by atoms with Crippen molar-refractivity contribution in [2.24, 2.45) is 11.7 Å². The van der Waals surface area contributed by atoms with Crippen molar-refractivity contribution in [3.05, 3.63) is 11.1 Å². The first-order chi connectivity index (χ1) is 7.33. The second-order valence-electron chi connectivity index (χ2n) is 4.15. The van der Waals surface area contributed by atoms with Crippen LogP contribution in [0, 0.1) is 5.92 Å². The quantitative estimate of drug-likeness (QED) is 0.857. The zero-order valence-corrected chi connectivity index (χ0v) is 10.1. The molecule has 0 saturated carbocycles. The van der Waals surface area contributed by atoms with Crippen LogP contribution in [0.25, 0.3) is 0 Å². The Morgan fingerprint density at radius 1 is 1.53 bits per heavy atom. The van der Waals surface area contributed by atoms with Crippen molar-refractivity contribution in [3.8, 4) is 0 Å². The van der Waals surface area contributed by atoms with Gasteiger partial charge in [-0.05, 0) is 18.8 Å². The van der Waals surface area contributed by atoms with Gasteiger partial charge >= 0.3 is 0 Å². The smallest absolute Gasteiger partial charge is 0.185 e. The number of piperidine rings is 1. The van der Waals surface area contributed by atoms with Gasteiger partial charge in [-0.2, -0.15) is 0 Å². The molecular formula is C11H19N3S. The molecule has 1 aromatic rings. The molecule has 15 heavy (non-hydrogen) atoms. The summed E-state index contributed by atoms with van der Waals surface area (Å²) in [4.78, 5) is 8.01. The van der Waals surface area contributed by atoms with Crippen LogP contribution in [0.15, 0.2) is 6.20 Å². The number of aromatic nitrogens is 1. The summed E-state index contributed by atoms with van der Waals surface area (Å²) in [7, 11) is 0. The summed E-state index contributed by atoms with van der Waals surface area (Å²) in [6.07, 6.45) is 5.85. The summed E-state index contributed by atoms with van der Waals surface area (Å²) in [5.74, 6) is 0.926. The highest BCUT2D eigenvalue weighted by molar-refractivity contribution is 7.15. The van der Waals surface area contributed by atoms with E-state index in [1.807, 2.05) is 6.20 Å². The van der Waals surface area contributed by atoms with Gasteiger partial charge in [-0.25, -0.2) is 4.98 Å². The molecule has 1 saturated heterocycles. The molecule has 1 fully saturated rings. The monoisotopic (exact) mass is 225 g/mol. The minimum Gasteiger partial charge on any atom is -0.348 e. The first kappa shape index (κ1) is 10.9. The highest BCUT2D eigenvalue weighted by Crippen LogP contribution is 2.28. The van der Waals surface area contributed by atoms with E-state index in [1.165, 1.54) is 24.1 Å². The molecule has 2 N–H and O–H groups in total. The average Bonchev–Trinajstić information content (AvgIpc) is 2.78. The molecular weight excluding hydrogens is 206 g/mol. The molecule has 0 atom stereocenters. The van der Waals surface area contributed by atoms with E-state index in [1.54, 1.807) is 11.3 Å². The summed E-state index contributed by atoms with van der Waals surface area (Å²) in [5, 5.41) is 1.16. The van der Waals surface area contributed by atoms with Gasteiger partial charge in [0.05, 0.1) is 0 Å². The fraction of sp³-hybridized carbons (Fsp3) is 0.727. The van der Waals surface area contributed by atoms with Crippen molar-refractivity contribution in [3.63, 3.8) is 0 Å². The number of rotatable bonds is 3. The Kier molecular flexibility index (Phi) is 3.59. The topological polar surface area (TPSA) is 42.2 Å². The van der Waals surface area contributed by atoms with Crippen molar-refractivity contribution < 1.29 is 0 Å². The molecule has 0 aliphatic carbocycles. The summed E-state index contributed by atoms with van der Waals surface area (Å²) < 4.78 is 0. The average molecular weight is 225 g/mol. The third-order valence-corrected chi connectivity index (χ3v) is 4.29. The predicted molar refractivity (Wildman–Crippen MR) is 65.2 cm³/mol. The molecule has 0 amide bonds. The molecule has 0 radical (unpaired) electrons. The first-order valence-corrected chi connectivity index (χ1v) is 6.54. The summed E-state index contributed by atoms with van der Waals surface area (Å²) >= 11 is 1.74. The Hall–Kier alpha value is -0.610. The van der Waals surface area contributed by atoms with Crippen LogP contribution in [0.4, 0.5) is 5.13 Å². The van der Waals surface area contributed by atoms with Gasteiger partial charge in [0, 0.05) is 30.7 Å². The van der Waals surface area contributed by atoms with Gasteiger partial charge in [-0.3, -0.25) is 0 Å². The lowest BCUT2D eigenvalue weighted by Gasteiger charge is -2.31. The molecule has 0 aromatic carbocycles. The van der Waals surface area contributed by atoms with Crippen molar-refractivity contribution in [1.29, 1.82) is 0 Å². The Labute approximate surface area is 95.3 Å². The molecule has 0 unspecified atom stereocenters. The van der Waals surface area contributed by atoms with Crippen LogP contribution in [0.5, 0.6) is 0 Å². The highest BCUT2D eigenvalue weighted by Gasteiger charge is 2.19. The lowest BCUT2D eigenvalue weighted by Crippen LogP contribution is -2.33. The standard InChI is InChI=1S/C11H19N3S/c1-2-9-3-5-14(6-4-9)11-13-8-10(7-12)15-11/h8-9H,2-7,12H2,1H3. The second-order valence-corrected chi connectivity index (χ2v) is 5.25. The van der Waals surface area contributed by atoms with E-state index in [9.17, 15) is 0 Å². The molecule has 2 heterocycles. The minimum absolute atomic E-state index is 0.614. The van der Waals surface area contributed by atoms with Gasteiger partial charge in [0.15, 0.2) is 5.13 Å². The fourth-order valence-corrected chi connectivity index (χ4v) is 2.91. The van der Waals surface area contributed by atoms with Crippen LogP contribution in [0.2, 0.25) is 0 Å². The van der Waals surface area contributed by atoms with E-state index in [2.05, 4.69) is 16.8 Å². The van der Waals surface area contributed by atoms with Crippen LogP contribution in [-0.2, 0) is 6.54 Å². The molecule has 0 spiro atoms. The minimum atomic E-state index is 0.614. The summed E-state index contributed by atoms with van der Waals surface area (Å²) in [6, 6.07) is 0. The van der Waals surface area contributed by atoms with Crippen molar-refractivity contribution in [1.82, 2.24) is 4.98 Å². The van der Waals surface area contributed by atoms with Gasteiger partial charge in [0.25, 0.3) is 0 Å². The number of anilines is 1. The first-order valence-electron chi connectivity index (χ1n) is 5.73. The molecule has 2 rings (SSSR count). The Morgan fingerprint density at radius 2 is 2.27 bits per heavy atom. The molecule has 0 bridgehead atoms. The Balaban J connectivity index is 1.95. The fourth-order valence-electron chi connectivity index (χ4n) is 2.07. The van der Waals surface area contributed by atoms with E-state index in [4.69, 9.17) is 5.73 Å². The van der Waals surface area contributed by atoms with Gasteiger partial charge in [-0.1, -0.05) is 13.3 Å². The Morgan fingerprint density at radius 3 is 2.80 bits per heavy atom. The van der Waals surface area contributed by atoms with Crippen LogP contribution in [0.1, 0.15) is 31.1 Å². The van der Waals surface area contributed by atoms with Gasteiger partial charge in [-0.15, -0.1) is 11.3 Å². The third-order valence-electron chi connectivity index (χ3n) is 3.20.